The van der Waals surface area contributed by atoms with Crippen LogP contribution in [0.2, 0.25) is 0 Å². The van der Waals surface area contributed by atoms with Crippen LogP contribution in [0.25, 0.3) is 44.9 Å². The Labute approximate surface area is 214 Å². The van der Waals surface area contributed by atoms with Crippen molar-refractivity contribution in [2.24, 2.45) is 0 Å². The van der Waals surface area contributed by atoms with E-state index in [9.17, 15) is 13.2 Å². The summed E-state index contributed by atoms with van der Waals surface area (Å²) in [4.78, 5) is 24.0. The number of aromatic nitrogens is 4. The molecule has 0 radical (unpaired) electrons. The summed E-state index contributed by atoms with van der Waals surface area (Å²) < 4.78 is 27.2. The first-order chi connectivity index (χ1) is 17.6. The third kappa shape index (κ3) is 4.47. The minimum absolute atomic E-state index is 0.0777. The van der Waals surface area contributed by atoms with Crippen molar-refractivity contribution in [2.45, 2.75) is 26.0 Å². The lowest BCUT2D eigenvalue weighted by atomic mass is 10.0. The number of nitrogens with two attached hydrogens (primary N) is 1. The van der Waals surface area contributed by atoms with Crippen molar-refractivity contribution in [3.63, 3.8) is 0 Å². The summed E-state index contributed by atoms with van der Waals surface area (Å²) >= 11 is 0. The van der Waals surface area contributed by atoms with E-state index in [4.69, 9.17) is 10.7 Å². The second kappa shape index (κ2) is 9.21. The summed E-state index contributed by atoms with van der Waals surface area (Å²) in [5.41, 5.74) is 11.5. The van der Waals surface area contributed by atoms with Gasteiger partial charge in [0.05, 0.1) is 27.7 Å². The molecule has 10 heteroatoms. The van der Waals surface area contributed by atoms with Crippen molar-refractivity contribution >= 4 is 38.6 Å². The molecule has 0 unspecified atom stereocenters. The summed E-state index contributed by atoms with van der Waals surface area (Å²) in [5, 5.41) is 2.09. The molecule has 0 fully saturated rings. The standard InChI is InChI=1S/C27H26N6O3S/c1-16(2)37(35,36)33-23-15-20(11-14-22(23)30-27(33)28)25-24(18-7-5-4-6-8-18)31-26(32-25)19-9-12-21(13-10-19)29-17(3)34/h4-16H,1-3H3,(H2,28,30)(H,29,34)(H,31,32). The third-order valence-corrected chi connectivity index (χ3v) is 8.09. The van der Waals surface area contributed by atoms with Gasteiger partial charge in [-0.25, -0.2) is 22.4 Å². The maximum Gasteiger partial charge on any atom is 0.244 e. The first kappa shape index (κ1) is 24.3. The van der Waals surface area contributed by atoms with E-state index >= 15 is 0 Å². The van der Waals surface area contributed by atoms with Crippen molar-refractivity contribution in [2.75, 3.05) is 11.1 Å². The molecular weight excluding hydrogens is 488 g/mol. The Hall–Kier alpha value is -4.44. The number of nitrogens with one attached hydrogen (secondary N) is 2. The van der Waals surface area contributed by atoms with Gasteiger partial charge in [-0.2, -0.15) is 0 Å². The highest BCUT2D eigenvalue weighted by atomic mass is 32.2. The molecule has 0 spiro atoms. The van der Waals surface area contributed by atoms with Gasteiger partial charge in [0.1, 0.15) is 5.82 Å². The molecule has 1 amide bonds. The molecule has 2 aromatic heterocycles. The molecular formula is C27H26N6O3S. The monoisotopic (exact) mass is 514 g/mol. The predicted octanol–water partition coefficient (Wildman–Crippen LogP) is 4.89. The van der Waals surface area contributed by atoms with Crippen molar-refractivity contribution in [3.8, 4) is 33.9 Å². The van der Waals surface area contributed by atoms with Gasteiger partial charge in [-0.3, -0.25) is 4.79 Å². The topological polar surface area (TPSA) is 136 Å². The molecule has 5 rings (SSSR count). The van der Waals surface area contributed by atoms with Crippen LogP contribution in [0, 0.1) is 0 Å². The molecule has 0 saturated heterocycles. The fourth-order valence-corrected chi connectivity index (χ4v) is 5.29. The second-order valence-electron chi connectivity index (χ2n) is 8.97. The summed E-state index contributed by atoms with van der Waals surface area (Å²) in [6.45, 7) is 4.67. The van der Waals surface area contributed by atoms with Crippen LogP contribution in [0.4, 0.5) is 11.6 Å². The maximum atomic E-state index is 13.0. The van der Waals surface area contributed by atoms with Crippen LogP contribution in [0.1, 0.15) is 20.8 Å². The molecule has 2 heterocycles. The van der Waals surface area contributed by atoms with Gasteiger partial charge >= 0.3 is 0 Å². The highest BCUT2D eigenvalue weighted by Gasteiger charge is 2.25. The predicted molar refractivity (Wildman–Crippen MR) is 146 cm³/mol. The quantitative estimate of drug-likeness (QED) is 0.295. The van der Waals surface area contributed by atoms with Crippen LogP contribution in [-0.2, 0) is 14.8 Å². The van der Waals surface area contributed by atoms with E-state index in [2.05, 4.69) is 15.3 Å². The van der Waals surface area contributed by atoms with Gasteiger partial charge in [0.2, 0.25) is 21.9 Å². The zero-order chi connectivity index (χ0) is 26.3. The third-order valence-electron chi connectivity index (χ3n) is 6.01. The molecule has 9 nitrogen and oxygen atoms in total. The number of nitrogen functional groups attached to an aromatic ring is 1. The van der Waals surface area contributed by atoms with Gasteiger partial charge in [-0.1, -0.05) is 36.4 Å². The number of benzene rings is 3. The van der Waals surface area contributed by atoms with E-state index in [-0.39, 0.29) is 11.9 Å². The van der Waals surface area contributed by atoms with Crippen LogP contribution < -0.4 is 11.1 Å². The maximum absolute atomic E-state index is 13.0. The van der Waals surface area contributed by atoms with E-state index in [1.54, 1.807) is 26.0 Å². The summed E-state index contributed by atoms with van der Waals surface area (Å²) in [6, 6.07) is 22.5. The van der Waals surface area contributed by atoms with Gasteiger partial charge < -0.3 is 16.0 Å². The van der Waals surface area contributed by atoms with Crippen molar-refractivity contribution < 1.29 is 13.2 Å². The minimum Gasteiger partial charge on any atom is -0.368 e. The summed E-state index contributed by atoms with van der Waals surface area (Å²) in [6.07, 6.45) is 0. The first-order valence-electron chi connectivity index (χ1n) is 11.7. The Morgan fingerprint density at radius 2 is 1.62 bits per heavy atom. The van der Waals surface area contributed by atoms with Crippen LogP contribution in [0.5, 0.6) is 0 Å². The summed E-state index contributed by atoms with van der Waals surface area (Å²) in [7, 11) is -3.73. The number of fused-ring (bicyclic) bond motifs is 1. The lowest BCUT2D eigenvalue weighted by Crippen LogP contribution is -2.23. The zero-order valence-corrected chi connectivity index (χ0v) is 21.4. The number of hydrogen-bond donors (Lipinski definition) is 3. The number of hydrogen-bond acceptors (Lipinski definition) is 6. The molecule has 0 aliphatic carbocycles. The Morgan fingerprint density at radius 1 is 0.946 bits per heavy atom. The Balaban J connectivity index is 1.68. The molecule has 37 heavy (non-hydrogen) atoms. The Morgan fingerprint density at radius 3 is 2.27 bits per heavy atom. The summed E-state index contributed by atoms with van der Waals surface area (Å²) in [5.74, 6) is 0.409. The Kier molecular flexibility index (Phi) is 6.04. The number of anilines is 2. The van der Waals surface area contributed by atoms with E-state index in [0.29, 0.717) is 33.8 Å². The SMILES string of the molecule is CC(=O)Nc1ccc(-c2nc(-c3ccc4nc(N)n(S(=O)(=O)C(C)C)c4c3)c(-c3ccccc3)[nH]2)cc1. The van der Waals surface area contributed by atoms with Crippen molar-refractivity contribution in [1.29, 1.82) is 0 Å². The van der Waals surface area contributed by atoms with Crippen LogP contribution in [-0.4, -0.2) is 38.5 Å². The minimum atomic E-state index is -3.73. The average molecular weight is 515 g/mol. The van der Waals surface area contributed by atoms with Crippen LogP contribution in [0.15, 0.2) is 72.8 Å². The van der Waals surface area contributed by atoms with E-state index in [1.165, 1.54) is 6.92 Å². The average Bonchev–Trinajstić information content (AvgIpc) is 3.45. The molecule has 4 N–H and O–H groups in total. The van der Waals surface area contributed by atoms with Gasteiger partial charge in [-0.15, -0.1) is 0 Å². The van der Waals surface area contributed by atoms with Gasteiger partial charge in [0.25, 0.3) is 0 Å². The van der Waals surface area contributed by atoms with E-state index < -0.39 is 15.3 Å². The molecule has 0 saturated carbocycles. The fraction of sp³-hybridized carbons (Fsp3) is 0.148. The molecule has 0 atom stereocenters. The highest BCUT2D eigenvalue weighted by molar-refractivity contribution is 7.90. The largest absolute Gasteiger partial charge is 0.368 e. The van der Waals surface area contributed by atoms with E-state index in [1.807, 2.05) is 60.7 Å². The number of carbonyl (C=O) groups excluding carboxylic acids is 1. The van der Waals surface area contributed by atoms with Gasteiger partial charge in [-0.05, 0) is 50.2 Å². The normalized spacial score (nSPS) is 11.8. The molecule has 5 aromatic rings. The van der Waals surface area contributed by atoms with E-state index in [0.717, 1.165) is 20.8 Å². The number of carbonyl (C=O) groups is 1. The first-order valence-corrected chi connectivity index (χ1v) is 13.2. The lowest BCUT2D eigenvalue weighted by Gasteiger charge is -2.11. The molecule has 0 aliphatic heterocycles. The highest BCUT2D eigenvalue weighted by Crippen LogP contribution is 2.35. The number of nitrogens with zero attached hydrogens (tertiary/aromatic N) is 3. The van der Waals surface area contributed by atoms with Gasteiger partial charge in [0.15, 0.2) is 0 Å². The number of imidazole rings is 2. The molecule has 0 aliphatic rings. The number of H-pyrrole nitrogens is 1. The number of aromatic amines is 1. The van der Waals surface area contributed by atoms with Gasteiger partial charge in [0, 0.05) is 29.3 Å². The number of rotatable bonds is 6. The van der Waals surface area contributed by atoms with Crippen LogP contribution in [0.3, 0.4) is 0 Å². The molecule has 0 bridgehead atoms. The lowest BCUT2D eigenvalue weighted by molar-refractivity contribution is -0.114. The zero-order valence-electron chi connectivity index (χ0n) is 20.6. The van der Waals surface area contributed by atoms with Crippen LogP contribution >= 0.6 is 0 Å². The molecule has 188 valence electrons. The fourth-order valence-electron chi connectivity index (χ4n) is 4.15. The van der Waals surface area contributed by atoms with Crippen molar-refractivity contribution in [3.05, 3.63) is 72.8 Å². The number of amides is 1. The van der Waals surface area contributed by atoms with Crippen molar-refractivity contribution in [1.82, 2.24) is 18.9 Å². The second-order valence-corrected chi connectivity index (χ2v) is 11.3. The molecule has 3 aromatic carbocycles. The smallest absolute Gasteiger partial charge is 0.244 e. The Bertz CT molecular complexity index is 1720.